The molecule has 2 rings (SSSR count). The number of aromatic nitrogens is 1. The smallest absolute Gasteiger partial charge is 0.250 e. The van der Waals surface area contributed by atoms with Gasteiger partial charge >= 0.3 is 0 Å². The molecule has 20 heavy (non-hydrogen) atoms. The van der Waals surface area contributed by atoms with Gasteiger partial charge in [0.1, 0.15) is 0 Å². The van der Waals surface area contributed by atoms with Gasteiger partial charge in [-0.2, -0.15) is 0 Å². The van der Waals surface area contributed by atoms with Crippen molar-refractivity contribution in [3.05, 3.63) is 57.4 Å². The van der Waals surface area contributed by atoms with E-state index in [0.29, 0.717) is 10.2 Å². The first-order chi connectivity index (χ1) is 9.40. The fourth-order valence-corrected chi connectivity index (χ4v) is 4.17. The zero-order valence-corrected chi connectivity index (χ0v) is 12.9. The van der Waals surface area contributed by atoms with Crippen LogP contribution in [0.5, 0.6) is 0 Å². The molecule has 0 aliphatic carbocycles. The fraction of sp³-hybridized carbons (Fsp3) is 0.154. The first kappa shape index (κ1) is 14.8. The van der Waals surface area contributed by atoms with Crippen molar-refractivity contribution in [2.24, 2.45) is 0 Å². The van der Waals surface area contributed by atoms with Gasteiger partial charge in [-0.15, -0.1) is 0 Å². The highest BCUT2D eigenvalue weighted by Crippen LogP contribution is 2.25. The highest BCUT2D eigenvalue weighted by molar-refractivity contribution is 9.10. The van der Waals surface area contributed by atoms with Gasteiger partial charge in [-0.3, -0.25) is 4.79 Å². The Bertz CT molecular complexity index is 784. The first-order valence-electron chi connectivity index (χ1n) is 5.83. The highest BCUT2D eigenvalue weighted by atomic mass is 79.9. The molecule has 2 aromatic rings. The standard InChI is InChI=1S/C13H13BrN2O3S/c14-11-9-10(15)4-5-12(11)20(18,19)8-7-16-6-2-1-3-13(16)17/h1-6,9H,7-8,15H2. The third kappa shape index (κ3) is 3.29. The van der Waals surface area contributed by atoms with Crippen LogP contribution in [-0.2, 0) is 16.4 Å². The molecule has 0 fully saturated rings. The molecule has 0 unspecified atom stereocenters. The minimum absolute atomic E-state index is 0.110. The lowest BCUT2D eigenvalue weighted by molar-refractivity contribution is 0.587. The summed E-state index contributed by atoms with van der Waals surface area (Å²) in [6.45, 7) is 0.110. The molecule has 2 N–H and O–H groups in total. The monoisotopic (exact) mass is 356 g/mol. The largest absolute Gasteiger partial charge is 0.399 e. The lowest BCUT2D eigenvalue weighted by Gasteiger charge is -2.08. The number of halogens is 1. The molecule has 106 valence electrons. The molecule has 1 heterocycles. The van der Waals surface area contributed by atoms with E-state index in [1.165, 1.54) is 22.8 Å². The molecular weight excluding hydrogens is 344 g/mol. The van der Waals surface area contributed by atoms with Gasteiger partial charge in [0.25, 0.3) is 5.56 Å². The van der Waals surface area contributed by atoms with Crippen LogP contribution in [0.25, 0.3) is 0 Å². The van der Waals surface area contributed by atoms with E-state index >= 15 is 0 Å². The van der Waals surface area contributed by atoms with Crippen LogP contribution < -0.4 is 11.3 Å². The molecule has 5 nitrogen and oxygen atoms in total. The van der Waals surface area contributed by atoms with E-state index in [1.54, 1.807) is 24.4 Å². The van der Waals surface area contributed by atoms with E-state index in [0.717, 1.165) is 0 Å². The van der Waals surface area contributed by atoms with Crippen molar-refractivity contribution in [1.29, 1.82) is 0 Å². The van der Waals surface area contributed by atoms with Gasteiger partial charge < -0.3 is 10.3 Å². The zero-order chi connectivity index (χ0) is 14.8. The van der Waals surface area contributed by atoms with E-state index < -0.39 is 9.84 Å². The lowest BCUT2D eigenvalue weighted by atomic mass is 10.3. The predicted octanol–water partition coefficient (Wildman–Crippen LogP) is 1.67. The molecule has 0 atom stereocenters. The number of rotatable bonds is 4. The van der Waals surface area contributed by atoms with E-state index in [-0.39, 0.29) is 22.8 Å². The highest BCUT2D eigenvalue weighted by Gasteiger charge is 2.18. The van der Waals surface area contributed by atoms with Crippen LogP contribution in [-0.4, -0.2) is 18.7 Å². The normalized spacial score (nSPS) is 11.4. The molecule has 7 heteroatoms. The van der Waals surface area contributed by atoms with Crippen molar-refractivity contribution >= 4 is 31.5 Å². The topological polar surface area (TPSA) is 82.2 Å². The molecule has 1 aromatic carbocycles. The number of nitrogen functional groups attached to an aromatic ring is 1. The Labute approximate surface area is 125 Å². The summed E-state index contributed by atoms with van der Waals surface area (Å²) in [6.07, 6.45) is 1.57. The number of anilines is 1. The maximum atomic E-state index is 12.3. The van der Waals surface area contributed by atoms with Gasteiger partial charge in [-0.25, -0.2) is 8.42 Å². The Morgan fingerprint density at radius 1 is 1.20 bits per heavy atom. The SMILES string of the molecule is Nc1ccc(S(=O)(=O)CCn2ccccc2=O)c(Br)c1. The second-order valence-corrected chi connectivity index (χ2v) is 7.17. The van der Waals surface area contributed by atoms with Crippen molar-refractivity contribution in [2.45, 2.75) is 11.4 Å². The first-order valence-corrected chi connectivity index (χ1v) is 8.28. The Kier molecular flexibility index (Phi) is 4.29. The van der Waals surface area contributed by atoms with Gasteiger partial charge in [0.05, 0.1) is 10.6 Å². The summed E-state index contributed by atoms with van der Waals surface area (Å²) in [5, 5.41) is 0. The molecule has 0 radical (unpaired) electrons. The summed E-state index contributed by atoms with van der Waals surface area (Å²) in [6, 6.07) is 9.24. The van der Waals surface area contributed by atoms with Crippen LogP contribution in [0.2, 0.25) is 0 Å². The summed E-state index contributed by atoms with van der Waals surface area (Å²) in [4.78, 5) is 11.7. The summed E-state index contributed by atoms with van der Waals surface area (Å²) < 4.78 is 26.3. The average molecular weight is 357 g/mol. The lowest BCUT2D eigenvalue weighted by Crippen LogP contribution is -2.22. The van der Waals surface area contributed by atoms with Crippen molar-refractivity contribution in [1.82, 2.24) is 4.57 Å². The van der Waals surface area contributed by atoms with Crippen molar-refractivity contribution in [3.63, 3.8) is 0 Å². The minimum Gasteiger partial charge on any atom is -0.399 e. The maximum absolute atomic E-state index is 12.3. The van der Waals surface area contributed by atoms with Gasteiger partial charge in [0.2, 0.25) is 0 Å². The summed E-state index contributed by atoms with van der Waals surface area (Å²) in [5.74, 6) is -0.153. The number of aryl methyl sites for hydroxylation is 1. The molecule has 0 amide bonds. The second kappa shape index (κ2) is 5.80. The Morgan fingerprint density at radius 2 is 1.95 bits per heavy atom. The van der Waals surface area contributed by atoms with E-state index in [1.807, 2.05) is 0 Å². The van der Waals surface area contributed by atoms with Gasteiger partial charge in [0, 0.05) is 29.0 Å². The third-order valence-corrected chi connectivity index (χ3v) is 5.46. The molecule has 0 aliphatic heterocycles. The molecule has 1 aromatic heterocycles. The Morgan fingerprint density at radius 3 is 2.60 bits per heavy atom. The minimum atomic E-state index is -3.48. The van der Waals surface area contributed by atoms with Crippen molar-refractivity contribution < 1.29 is 8.42 Å². The molecule has 0 aliphatic rings. The van der Waals surface area contributed by atoms with Crippen LogP contribution in [0, 0.1) is 0 Å². The van der Waals surface area contributed by atoms with Crippen LogP contribution in [0.3, 0.4) is 0 Å². The van der Waals surface area contributed by atoms with E-state index in [4.69, 9.17) is 5.73 Å². The van der Waals surface area contributed by atoms with Crippen LogP contribution in [0.1, 0.15) is 0 Å². The van der Waals surface area contributed by atoms with Crippen molar-refractivity contribution in [3.8, 4) is 0 Å². The third-order valence-electron chi connectivity index (χ3n) is 2.79. The second-order valence-electron chi connectivity index (χ2n) is 4.24. The fourth-order valence-electron chi connectivity index (χ4n) is 1.74. The summed E-state index contributed by atoms with van der Waals surface area (Å²) in [5.41, 5.74) is 5.84. The summed E-state index contributed by atoms with van der Waals surface area (Å²) in [7, 11) is -3.48. The van der Waals surface area contributed by atoms with E-state index in [2.05, 4.69) is 15.9 Å². The Balaban J connectivity index is 2.24. The number of hydrogen-bond donors (Lipinski definition) is 1. The number of sulfone groups is 1. The molecular formula is C13H13BrN2O3S. The van der Waals surface area contributed by atoms with Gasteiger partial charge in [-0.05, 0) is 40.2 Å². The average Bonchev–Trinajstić information content (AvgIpc) is 2.37. The van der Waals surface area contributed by atoms with Gasteiger partial charge in [0.15, 0.2) is 9.84 Å². The number of nitrogens with two attached hydrogens (primary N) is 1. The van der Waals surface area contributed by atoms with Gasteiger partial charge in [-0.1, -0.05) is 6.07 Å². The number of nitrogens with zero attached hydrogens (tertiary/aromatic N) is 1. The number of benzene rings is 1. The molecule has 0 spiro atoms. The maximum Gasteiger partial charge on any atom is 0.250 e. The van der Waals surface area contributed by atoms with Crippen LogP contribution in [0.4, 0.5) is 5.69 Å². The van der Waals surface area contributed by atoms with E-state index in [9.17, 15) is 13.2 Å². The number of pyridine rings is 1. The molecule has 0 bridgehead atoms. The Hall–Kier alpha value is -1.60. The number of hydrogen-bond acceptors (Lipinski definition) is 4. The summed E-state index contributed by atoms with van der Waals surface area (Å²) >= 11 is 3.20. The quantitative estimate of drug-likeness (QED) is 0.844. The molecule has 0 saturated heterocycles. The molecule has 0 saturated carbocycles. The van der Waals surface area contributed by atoms with Crippen LogP contribution >= 0.6 is 15.9 Å². The zero-order valence-electron chi connectivity index (χ0n) is 10.5. The van der Waals surface area contributed by atoms with Crippen LogP contribution in [0.15, 0.2) is 56.8 Å². The predicted molar refractivity (Wildman–Crippen MR) is 81.3 cm³/mol. The van der Waals surface area contributed by atoms with Crippen molar-refractivity contribution in [2.75, 3.05) is 11.5 Å².